The van der Waals surface area contributed by atoms with Crippen molar-refractivity contribution in [1.29, 1.82) is 0 Å². The Balaban J connectivity index is 1.73. The first kappa shape index (κ1) is 15.0. The summed E-state index contributed by atoms with van der Waals surface area (Å²) in [4.78, 5) is 14.5. The summed E-state index contributed by atoms with van der Waals surface area (Å²) in [5.74, 6) is -0.300. The lowest BCUT2D eigenvalue weighted by Gasteiger charge is -2.37. The third kappa shape index (κ3) is 2.59. The Hall–Kier alpha value is -2.60. The molecule has 1 aromatic carbocycles. The van der Waals surface area contributed by atoms with Gasteiger partial charge in [-0.2, -0.15) is 0 Å². The summed E-state index contributed by atoms with van der Waals surface area (Å²) in [7, 11) is 0. The maximum atomic E-state index is 14.4. The number of nitrogens with one attached hydrogen (secondary N) is 1. The number of rotatable bonds is 2. The Morgan fingerprint density at radius 3 is 2.79 bits per heavy atom. The minimum absolute atomic E-state index is 0.210. The number of aromatic nitrogens is 1. The number of hydrogen-bond donors (Lipinski definition) is 1. The molecule has 1 N–H and O–H groups in total. The van der Waals surface area contributed by atoms with Gasteiger partial charge in [-0.1, -0.05) is 18.2 Å². The number of carbonyl (C=O) groups is 1. The molecule has 3 aromatic rings. The van der Waals surface area contributed by atoms with Crippen molar-refractivity contribution < 1.29 is 9.18 Å². The van der Waals surface area contributed by atoms with Gasteiger partial charge in [-0.3, -0.25) is 5.32 Å². The molecule has 4 nitrogen and oxygen atoms in total. The van der Waals surface area contributed by atoms with Gasteiger partial charge in [0.25, 0.3) is 0 Å². The highest BCUT2D eigenvalue weighted by molar-refractivity contribution is 7.14. The first-order valence-corrected chi connectivity index (χ1v) is 8.62. The summed E-state index contributed by atoms with van der Waals surface area (Å²) < 4.78 is 16.5. The van der Waals surface area contributed by atoms with Gasteiger partial charge in [0, 0.05) is 30.5 Å². The predicted molar refractivity (Wildman–Crippen MR) is 92.7 cm³/mol. The van der Waals surface area contributed by atoms with Crippen LogP contribution in [0.5, 0.6) is 0 Å². The monoisotopic (exact) mass is 341 g/mol. The Bertz CT molecular complexity index is 859. The van der Waals surface area contributed by atoms with E-state index in [0.29, 0.717) is 18.7 Å². The molecular formula is C18H16FN3OS. The van der Waals surface area contributed by atoms with E-state index in [1.165, 1.54) is 17.4 Å². The van der Waals surface area contributed by atoms with Gasteiger partial charge in [-0.25, -0.2) is 9.18 Å². The van der Waals surface area contributed by atoms with Gasteiger partial charge in [0.05, 0.1) is 5.00 Å². The fourth-order valence-electron chi connectivity index (χ4n) is 3.15. The second-order valence-electron chi connectivity index (χ2n) is 5.65. The van der Waals surface area contributed by atoms with E-state index >= 15 is 0 Å². The van der Waals surface area contributed by atoms with Crippen molar-refractivity contribution in [2.24, 2.45) is 0 Å². The molecule has 1 aliphatic heterocycles. The Kier molecular flexibility index (Phi) is 3.82. The van der Waals surface area contributed by atoms with Crippen molar-refractivity contribution >= 4 is 22.4 Å². The highest BCUT2D eigenvalue weighted by Crippen LogP contribution is 2.34. The zero-order chi connectivity index (χ0) is 16.5. The van der Waals surface area contributed by atoms with Crippen molar-refractivity contribution in [3.8, 4) is 0 Å². The molecule has 2 amide bonds. The van der Waals surface area contributed by atoms with Gasteiger partial charge in [-0.15, -0.1) is 11.3 Å². The molecule has 0 radical (unpaired) electrons. The van der Waals surface area contributed by atoms with Crippen LogP contribution >= 0.6 is 11.3 Å². The molecule has 4 rings (SSSR count). The van der Waals surface area contributed by atoms with Crippen LogP contribution in [0, 0.1) is 5.82 Å². The second-order valence-corrected chi connectivity index (χ2v) is 6.60. The van der Waals surface area contributed by atoms with E-state index in [1.54, 1.807) is 23.1 Å². The molecule has 0 unspecified atom stereocenters. The molecule has 0 saturated carbocycles. The lowest BCUT2D eigenvalue weighted by Crippen LogP contribution is -2.44. The van der Waals surface area contributed by atoms with Crippen LogP contribution in [0.25, 0.3) is 0 Å². The van der Waals surface area contributed by atoms with Crippen LogP contribution in [0.4, 0.5) is 14.2 Å². The molecule has 1 aliphatic rings. The number of thiophene rings is 1. The summed E-state index contributed by atoms with van der Waals surface area (Å²) in [5, 5.41) is 5.60. The number of fused-ring (bicyclic) bond motifs is 1. The average Bonchev–Trinajstić information content (AvgIpc) is 3.25. The molecule has 0 fully saturated rings. The maximum absolute atomic E-state index is 14.4. The lowest BCUT2D eigenvalue weighted by atomic mass is 9.99. The van der Waals surface area contributed by atoms with E-state index < -0.39 is 6.04 Å². The Labute approximate surface area is 143 Å². The van der Waals surface area contributed by atoms with Crippen LogP contribution in [-0.2, 0) is 6.54 Å². The van der Waals surface area contributed by atoms with E-state index in [9.17, 15) is 9.18 Å². The van der Waals surface area contributed by atoms with Crippen LogP contribution in [0.2, 0.25) is 0 Å². The minimum Gasteiger partial charge on any atom is -0.348 e. The molecule has 24 heavy (non-hydrogen) atoms. The quantitative estimate of drug-likeness (QED) is 0.740. The van der Waals surface area contributed by atoms with Gasteiger partial charge in [-0.05, 0) is 35.7 Å². The predicted octanol–water partition coefficient (Wildman–Crippen LogP) is 4.33. The van der Waals surface area contributed by atoms with Crippen molar-refractivity contribution in [1.82, 2.24) is 9.47 Å². The van der Waals surface area contributed by atoms with Crippen molar-refractivity contribution in [3.63, 3.8) is 0 Å². The molecule has 122 valence electrons. The molecule has 3 heterocycles. The third-order valence-electron chi connectivity index (χ3n) is 4.25. The van der Waals surface area contributed by atoms with Crippen molar-refractivity contribution in [2.75, 3.05) is 11.9 Å². The average molecular weight is 341 g/mol. The van der Waals surface area contributed by atoms with Crippen molar-refractivity contribution in [2.45, 2.75) is 12.6 Å². The minimum atomic E-state index is -0.435. The van der Waals surface area contributed by atoms with Crippen molar-refractivity contribution in [3.05, 3.63) is 77.2 Å². The fourth-order valence-corrected chi connectivity index (χ4v) is 3.76. The summed E-state index contributed by atoms with van der Waals surface area (Å²) in [5.41, 5.74) is 1.44. The van der Waals surface area contributed by atoms with E-state index in [0.717, 1.165) is 10.7 Å². The van der Waals surface area contributed by atoms with E-state index in [-0.39, 0.29) is 11.8 Å². The molecule has 2 aromatic heterocycles. The number of anilines is 1. The number of hydrogen-bond acceptors (Lipinski definition) is 2. The van der Waals surface area contributed by atoms with Gasteiger partial charge >= 0.3 is 6.03 Å². The zero-order valence-electron chi connectivity index (χ0n) is 12.9. The van der Waals surface area contributed by atoms with E-state index in [1.807, 2.05) is 35.8 Å². The molecule has 0 aliphatic carbocycles. The van der Waals surface area contributed by atoms with Crippen LogP contribution in [0.3, 0.4) is 0 Å². The number of nitrogens with zero attached hydrogens (tertiary/aromatic N) is 2. The van der Waals surface area contributed by atoms with Crippen LogP contribution in [0.1, 0.15) is 17.3 Å². The zero-order valence-corrected chi connectivity index (χ0v) is 13.7. The SMILES string of the molecule is O=C(Nc1cccs1)N1CCn2cccc2[C@@H]1c1ccccc1F. The van der Waals surface area contributed by atoms with E-state index in [2.05, 4.69) is 9.88 Å². The fraction of sp³-hybridized carbons (Fsp3) is 0.167. The van der Waals surface area contributed by atoms with Crippen LogP contribution < -0.4 is 5.32 Å². The highest BCUT2D eigenvalue weighted by atomic mass is 32.1. The Morgan fingerprint density at radius 2 is 2.00 bits per heavy atom. The number of amides is 2. The smallest absolute Gasteiger partial charge is 0.323 e. The lowest BCUT2D eigenvalue weighted by molar-refractivity contribution is 0.180. The molecular weight excluding hydrogens is 325 g/mol. The summed E-state index contributed by atoms with van der Waals surface area (Å²) >= 11 is 1.46. The van der Waals surface area contributed by atoms with Gasteiger partial charge < -0.3 is 9.47 Å². The number of benzene rings is 1. The van der Waals surface area contributed by atoms with Crippen LogP contribution in [0.15, 0.2) is 60.1 Å². The molecule has 0 spiro atoms. The molecule has 6 heteroatoms. The summed E-state index contributed by atoms with van der Waals surface area (Å²) in [6.45, 7) is 1.23. The molecule has 0 bridgehead atoms. The first-order chi connectivity index (χ1) is 11.7. The maximum Gasteiger partial charge on any atom is 0.323 e. The second kappa shape index (κ2) is 6.13. The van der Waals surface area contributed by atoms with Crippen LogP contribution in [-0.4, -0.2) is 22.0 Å². The Morgan fingerprint density at radius 1 is 1.12 bits per heavy atom. The molecule has 1 atom stereocenters. The topological polar surface area (TPSA) is 37.3 Å². The largest absolute Gasteiger partial charge is 0.348 e. The number of halogens is 1. The summed E-state index contributed by atoms with van der Waals surface area (Å²) in [6, 6.07) is 13.6. The molecule has 0 saturated heterocycles. The summed E-state index contributed by atoms with van der Waals surface area (Å²) in [6.07, 6.45) is 1.97. The number of carbonyl (C=O) groups excluding carboxylic acids is 1. The highest BCUT2D eigenvalue weighted by Gasteiger charge is 2.33. The number of urea groups is 1. The van der Waals surface area contributed by atoms with Gasteiger partial charge in [0.1, 0.15) is 11.9 Å². The standard InChI is InChI=1S/C18H16FN3OS/c19-14-6-2-1-5-13(14)17-15-7-3-9-21(15)10-11-22(17)18(23)20-16-8-4-12-24-16/h1-9,12,17H,10-11H2,(H,20,23)/t17-/m0/s1. The van der Waals surface area contributed by atoms with Gasteiger partial charge in [0.15, 0.2) is 0 Å². The van der Waals surface area contributed by atoms with Gasteiger partial charge in [0.2, 0.25) is 0 Å². The first-order valence-electron chi connectivity index (χ1n) is 7.74. The van der Waals surface area contributed by atoms with E-state index in [4.69, 9.17) is 0 Å². The normalized spacial score (nSPS) is 16.7. The third-order valence-corrected chi connectivity index (χ3v) is 5.04.